The largest absolute Gasteiger partial charge is 0.497 e. The van der Waals surface area contributed by atoms with Crippen LogP contribution in [0.5, 0.6) is 5.75 Å². The fourth-order valence-corrected chi connectivity index (χ4v) is 3.40. The number of rotatable bonds is 7. The van der Waals surface area contributed by atoms with Crippen LogP contribution in [0.4, 0.5) is 4.39 Å². The molecule has 136 valence electrons. The number of aromatic amines is 1. The highest BCUT2D eigenvalue weighted by Crippen LogP contribution is 2.23. The van der Waals surface area contributed by atoms with Crippen LogP contribution in [0.2, 0.25) is 0 Å². The Labute approximate surface area is 155 Å². The number of H-pyrrole nitrogens is 1. The molecule has 0 saturated heterocycles. The normalized spacial score (nSPS) is 10.9. The van der Waals surface area contributed by atoms with Gasteiger partial charge in [-0.2, -0.15) is 0 Å². The number of methoxy groups -OCH3 is 1. The molecule has 0 unspecified atom stereocenters. The van der Waals surface area contributed by atoms with Gasteiger partial charge in [0, 0.05) is 19.2 Å². The Morgan fingerprint density at radius 1 is 1.31 bits per heavy atom. The zero-order valence-corrected chi connectivity index (χ0v) is 15.5. The van der Waals surface area contributed by atoms with Crippen molar-refractivity contribution in [1.82, 2.24) is 14.9 Å². The van der Waals surface area contributed by atoms with Crippen LogP contribution in [-0.2, 0) is 11.3 Å². The third-order valence-electron chi connectivity index (χ3n) is 4.00. The highest BCUT2D eigenvalue weighted by atomic mass is 32.2. The quantitative estimate of drug-likeness (QED) is 0.639. The average Bonchev–Trinajstić information content (AvgIpc) is 3.06. The summed E-state index contributed by atoms with van der Waals surface area (Å²) in [5.74, 6) is 0.707. The molecule has 2 aromatic carbocycles. The molecule has 0 spiro atoms. The zero-order chi connectivity index (χ0) is 18.5. The monoisotopic (exact) mass is 373 g/mol. The topological polar surface area (TPSA) is 58.2 Å². The summed E-state index contributed by atoms with van der Waals surface area (Å²) in [5.41, 5.74) is 2.47. The number of nitrogens with one attached hydrogen (secondary N) is 1. The van der Waals surface area contributed by atoms with Crippen LogP contribution < -0.4 is 4.74 Å². The van der Waals surface area contributed by atoms with Gasteiger partial charge in [0.1, 0.15) is 11.6 Å². The van der Waals surface area contributed by atoms with E-state index in [9.17, 15) is 9.18 Å². The summed E-state index contributed by atoms with van der Waals surface area (Å²) in [6.07, 6.45) is 0. The molecule has 1 heterocycles. The first kappa shape index (κ1) is 18.3. The maximum absolute atomic E-state index is 13.3. The van der Waals surface area contributed by atoms with Gasteiger partial charge in [0.05, 0.1) is 23.9 Å². The van der Waals surface area contributed by atoms with Crippen molar-refractivity contribution in [2.45, 2.75) is 18.6 Å². The maximum atomic E-state index is 13.3. The van der Waals surface area contributed by atoms with Gasteiger partial charge in [0.2, 0.25) is 5.91 Å². The van der Waals surface area contributed by atoms with Gasteiger partial charge in [0.25, 0.3) is 0 Å². The number of nitrogens with zero attached hydrogens (tertiary/aromatic N) is 2. The van der Waals surface area contributed by atoms with Crippen molar-refractivity contribution in [3.05, 3.63) is 53.8 Å². The van der Waals surface area contributed by atoms with Gasteiger partial charge in [-0.05, 0) is 36.8 Å². The Hall–Kier alpha value is -2.54. The van der Waals surface area contributed by atoms with E-state index in [4.69, 9.17) is 4.74 Å². The maximum Gasteiger partial charge on any atom is 0.233 e. The molecule has 26 heavy (non-hydrogen) atoms. The Morgan fingerprint density at radius 2 is 2.15 bits per heavy atom. The molecule has 0 aliphatic rings. The molecule has 3 rings (SSSR count). The molecule has 1 aromatic heterocycles. The molecule has 1 amide bonds. The van der Waals surface area contributed by atoms with Crippen molar-refractivity contribution in [3.63, 3.8) is 0 Å². The Balaban J connectivity index is 1.63. The first-order chi connectivity index (χ1) is 12.6. The lowest BCUT2D eigenvalue weighted by atomic mass is 10.2. The number of imidazole rings is 1. The summed E-state index contributed by atoms with van der Waals surface area (Å²) in [7, 11) is 1.61. The van der Waals surface area contributed by atoms with Crippen molar-refractivity contribution in [2.75, 3.05) is 19.4 Å². The van der Waals surface area contributed by atoms with E-state index >= 15 is 0 Å². The van der Waals surface area contributed by atoms with E-state index in [1.807, 2.05) is 31.2 Å². The minimum atomic E-state index is -0.293. The van der Waals surface area contributed by atoms with Crippen LogP contribution >= 0.6 is 11.8 Å². The Kier molecular flexibility index (Phi) is 5.78. The lowest BCUT2D eigenvalue weighted by Crippen LogP contribution is -2.31. The molecular formula is C19H20FN3O2S. The van der Waals surface area contributed by atoms with Gasteiger partial charge in [-0.15, -0.1) is 0 Å². The molecule has 0 radical (unpaired) electrons. The second kappa shape index (κ2) is 8.23. The highest BCUT2D eigenvalue weighted by Gasteiger charge is 2.14. The fraction of sp³-hybridized carbons (Fsp3) is 0.263. The smallest absolute Gasteiger partial charge is 0.233 e. The average molecular weight is 373 g/mol. The van der Waals surface area contributed by atoms with Crippen LogP contribution in [0.1, 0.15) is 12.5 Å². The van der Waals surface area contributed by atoms with Crippen molar-refractivity contribution in [3.8, 4) is 5.75 Å². The van der Waals surface area contributed by atoms with E-state index in [0.29, 0.717) is 18.2 Å². The van der Waals surface area contributed by atoms with Crippen LogP contribution in [0, 0.1) is 5.82 Å². The molecule has 5 nitrogen and oxygen atoms in total. The number of carbonyl (C=O) groups excluding carboxylic acids is 1. The first-order valence-corrected chi connectivity index (χ1v) is 9.26. The van der Waals surface area contributed by atoms with Gasteiger partial charge < -0.3 is 14.6 Å². The molecule has 7 heteroatoms. The number of aromatic nitrogens is 2. The predicted molar refractivity (Wildman–Crippen MR) is 101 cm³/mol. The molecular weight excluding hydrogens is 353 g/mol. The standard InChI is InChI=1S/C19H20FN3O2S/c1-3-23(11-13-5-4-6-14(20)9-13)18(24)12-26-19-21-16-8-7-15(25-2)10-17(16)22-19/h4-10H,3,11-12H2,1-2H3,(H,21,22). The summed E-state index contributed by atoms with van der Waals surface area (Å²) >= 11 is 1.35. The van der Waals surface area contributed by atoms with Gasteiger partial charge in [-0.3, -0.25) is 4.79 Å². The summed E-state index contributed by atoms with van der Waals surface area (Å²) in [4.78, 5) is 21.9. The summed E-state index contributed by atoms with van der Waals surface area (Å²) < 4.78 is 18.5. The molecule has 0 aliphatic heterocycles. The van der Waals surface area contributed by atoms with Crippen molar-refractivity contribution in [2.24, 2.45) is 0 Å². The molecule has 0 aliphatic carbocycles. The highest BCUT2D eigenvalue weighted by molar-refractivity contribution is 7.99. The number of carbonyl (C=O) groups is 1. The van der Waals surface area contributed by atoms with E-state index in [-0.39, 0.29) is 17.5 Å². The SMILES string of the molecule is CCN(Cc1cccc(F)c1)C(=O)CSc1nc2ccc(OC)cc2[nH]1. The summed E-state index contributed by atoms with van der Waals surface area (Å²) in [6, 6.07) is 11.9. The molecule has 1 N–H and O–H groups in total. The van der Waals surface area contributed by atoms with Gasteiger partial charge >= 0.3 is 0 Å². The second-order valence-electron chi connectivity index (χ2n) is 5.75. The number of benzene rings is 2. The van der Waals surface area contributed by atoms with Gasteiger partial charge in [-0.1, -0.05) is 23.9 Å². The molecule has 3 aromatic rings. The van der Waals surface area contributed by atoms with E-state index < -0.39 is 0 Å². The summed E-state index contributed by atoms with van der Waals surface area (Å²) in [5, 5.41) is 0.684. The van der Waals surface area contributed by atoms with E-state index in [1.54, 1.807) is 18.1 Å². The van der Waals surface area contributed by atoms with Crippen LogP contribution in [0.25, 0.3) is 11.0 Å². The third-order valence-corrected chi connectivity index (χ3v) is 4.85. The lowest BCUT2D eigenvalue weighted by molar-refractivity contribution is -0.128. The van der Waals surface area contributed by atoms with Crippen LogP contribution in [0.15, 0.2) is 47.6 Å². The Bertz CT molecular complexity index is 913. The van der Waals surface area contributed by atoms with E-state index in [0.717, 1.165) is 22.3 Å². The van der Waals surface area contributed by atoms with Crippen molar-refractivity contribution >= 4 is 28.7 Å². The number of hydrogen-bond donors (Lipinski definition) is 1. The summed E-state index contributed by atoms with van der Waals surface area (Å²) in [6.45, 7) is 2.87. The van der Waals surface area contributed by atoms with Crippen LogP contribution in [-0.4, -0.2) is 40.2 Å². The zero-order valence-electron chi connectivity index (χ0n) is 14.7. The lowest BCUT2D eigenvalue weighted by Gasteiger charge is -2.20. The number of fused-ring (bicyclic) bond motifs is 1. The van der Waals surface area contributed by atoms with Crippen LogP contribution in [0.3, 0.4) is 0 Å². The number of halogens is 1. The second-order valence-corrected chi connectivity index (χ2v) is 6.72. The van der Waals surface area contributed by atoms with Crippen molar-refractivity contribution < 1.29 is 13.9 Å². The van der Waals surface area contributed by atoms with Gasteiger partial charge in [-0.25, -0.2) is 9.37 Å². The molecule has 0 saturated carbocycles. The number of thioether (sulfide) groups is 1. The molecule has 0 atom stereocenters. The van der Waals surface area contributed by atoms with Gasteiger partial charge in [0.15, 0.2) is 5.16 Å². The minimum absolute atomic E-state index is 0.0141. The molecule has 0 bridgehead atoms. The van der Waals surface area contributed by atoms with Crippen molar-refractivity contribution in [1.29, 1.82) is 0 Å². The minimum Gasteiger partial charge on any atom is -0.497 e. The number of amides is 1. The van der Waals surface area contributed by atoms with E-state index in [1.165, 1.54) is 23.9 Å². The third kappa shape index (κ3) is 4.35. The fourth-order valence-electron chi connectivity index (χ4n) is 2.61. The Morgan fingerprint density at radius 3 is 2.88 bits per heavy atom. The predicted octanol–water partition coefficient (Wildman–Crippen LogP) is 3.85. The number of ether oxygens (including phenoxy) is 1. The first-order valence-electron chi connectivity index (χ1n) is 8.28. The number of hydrogen-bond acceptors (Lipinski definition) is 4. The van der Waals surface area contributed by atoms with E-state index in [2.05, 4.69) is 9.97 Å². The molecule has 0 fully saturated rings.